The van der Waals surface area contributed by atoms with Crippen LogP contribution in [0.15, 0.2) is 135 Å². The number of hydrogen-bond acceptors (Lipinski definition) is 0. The van der Waals surface area contributed by atoms with Gasteiger partial charge in [-0.05, 0) is 157 Å². The molecule has 0 saturated heterocycles. The lowest BCUT2D eigenvalue weighted by Crippen LogP contribution is -2.02. The average molecular weight is 763 g/mol. The minimum Gasteiger partial charge on any atom is -0.310 e. The second-order valence-corrected chi connectivity index (χ2v) is 15.6. The Hall–Kier alpha value is -5.86. The molecule has 2 nitrogen and oxygen atoms in total. The molecule has 2 aliphatic rings. The first-order valence-electron chi connectivity index (χ1n) is 21.4. The molecule has 2 heterocycles. The van der Waals surface area contributed by atoms with Crippen LogP contribution in [-0.2, 0) is 25.7 Å². The van der Waals surface area contributed by atoms with Crippen LogP contribution < -0.4 is 0 Å². The Morgan fingerprint density at radius 2 is 0.879 bits per heavy atom. The predicted molar refractivity (Wildman–Crippen MR) is 254 cm³/mol. The molecule has 2 aromatic heterocycles. The summed E-state index contributed by atoms with van der Waals surface area (Å²) in [5.74, 6) is 0. The molecule has 6 aromatic rings. The van der Waals surface area contributed by atoms with E-state index >= 15 is 0 Å². The highest BCUT2D eigenvalue weighted by Crippen LogP contribution is 2.34. The molecule has 58 heavy (non-hydrogen) atoms. The van der Waals surface area contributed by atoms with Crippen LogP contribution in [0.5, 0.6) is 0 Å². The lowest BCUT2D eigenvalue weighted by Gasteiger charge is -2.14. The van der Waals surface area contributed by atoms with Crippen molar-refractivity contribution in [3.63, 3.8) is 0 Å². The zero-order valence-electron chi connectivity index (χ0n) is 35.8. The summed E-state index contributed by atoms with van der Waals surface area (Å²) >= 11 is 0. The van der Waals surface area contributed by atoms with Crippen molar-refractivity contribution in [3.05, 3.63) is 202 Å². The molecule has 0 atom stereocenters. The molecule has 8 rings (SSSR count). The van der Waals surface area contributed by atoms with Crippen molar-refractivity contribution < 1.29 is 0 Å². The Morgan fingerprint density at radius 3 is 1.26 bits per heavy atom. The van der Waals surface area contributed by atoms with Crippen LogP contribution in [0.1, 0.15) is 121 Å². The SMILES string of the molecule is C=C/C=C\c1c(C)c2c(n1-c1ccc(Cc3ccc(-c4ccc(Cc5ccc(-n6c(C=C)c(C)c7c6C=CCC7)cc5)cc4)cc3)cc1)C=CCC2.CCC.CCC. The molecule has 0 N–H and O–H groups in total. The van der Waals surface area contributed by atoms with Crippen LogP contribution in [0.4, 0.5) is 0 Å². The van der Waals surface area contributed by atoms with Crippen molar-refractivity contribution in [3.8, 4) is 22.5 Å². The van der Waals surface area contributed by atoms with E-state index in [0.717, 1.165) is 38.5 Å². The Balaban J connectivity index is 0.000000892. The fraction of sp³-hybridized carbons (Fsp3) is 0.250. The zero-order valence-corrected chi connectivity index (χ0v) is 35.8. The Labute approximate surface area is 349 Å². The predicted octanol–water partition coefficient (Wildman–Crippen LogP) is 15.3. The lowest BCUT2D eigenvalue weighted by molar-refractivity contribution is 0.952. The summed E-state index contributed by atoms with van der Waals surface area (Å²) in [6.45, 7) is 21.0. The number of benzene rings is 4. The molecule has 4 aromatic carbocycles. The van der Waals surface area contributed by atoms with Gasteiger partial charge in [-0.15, -0.1) is 0 Å². The third kappa shape index (κ3) is 9.29. The quantitative estimate of drug-likeness (QED) is 0.123. The summed E-state index contributed by atoms with van der Waals surface area (Å²) in [5, 5.41) is 0. The first kappa shape index (κ1) is 41.8. The maximum atomic E-state index is 4.12. The van der Waals surface area contributed by atoms with Gasteiger partial charge in [0.1, 0.15) is 0 Å². The van der Waals surface area contributed by atoms with E-state index in [1.54, 1.807) is 0 Å². The van der Waals surface area contributed by atoms with E-state index in [2.05, 4.69) is 191 Å². The van der Waals surface area contributed by atoms with Gasteiger partial charge in [-0.25, -0.2) is 0 Å². The average Bonchev–Trinajstić information content (AvgIpc) is 3.71. The molecule has 0 fully saturated rings. The molecule has 0 spiro atoms. The van der Waals surface area contributed by atoms with E-state index in [1.165, 1.54) is 103 Å². The second-order valence-electron chi connectivity index (χ2n) is 15.6. The second kappa shape index (κ2) is 20.0. The van der Waals surface area contributed by atoms with Crippen molar-refractivity contribution >= 4 is 24.3 Å². The van der Waals surface area contributed by atoms with Crippen LogP contribution in [0.3, 0.4) is 0 Å². The van der Waals surface area contributed by atoms with Gasteiger partial charge in [0.25, 0.3) is 0 Å². The van der Waals surface area contributed by atoms with E-state index in [1.807, 2.05) is 18.2 Å². The highest BCUT2D eigenvalue weighted by atomic mass is 15.0. The van der Waals surface area contributed by atoms with E-state index in [9.17, 15) is 0 Å². The van der Waals surface area contributed by atoms with Gasteiger partial charge >= 0.3 is 0 Å². The van der Waals surface area contributed by atoms with Gasteiger partial charge in [-0.3, -0.25) is 0 Å². The van der Waals surface area contributed by atoms with E-state index < -0.39 is 0 Å². The number of nitrogens with zero attached hydrogens (tertiary/aromatic N) is 2. The smallest absolute Gasteiger partial charge is 0.0494 e. The molecular weight excluding hydrogens is 701 g/mol. The maximum Gasteiger partial charge on any atom is 0.0494 e. The highest BCUT2D eigenvalue weighted by molar-refractivity contribution is 5.70. The number of fused-ring (bicyclic) bond motifs is 2. The van der Waals surface area contributed by atoms with Crippen molar-refractivity contribution in [2.75, 3.05) is 0 Å². The van der Waals surface area contributed by atoms with Gasteiger partial charge < -0.3 is 9.13 Å². The molecular formula is C56H62N2. The molecule has 2 heteroatoms. The summed E-state index contributed by atoms with van der Waals surface area (Å²) in [6, 6.07) is 36.2. The van der Waals surface area contributed by atoms with E-state index in [0.29, 0.717) is 0 Å². The molecule has 0 amide bonds. The molecule has 0 radical (unpaired) electrons. The van der Waals surface area contributed by atoms with Crippen LogP contribution in [0.2, 0.25) is 0 Å². The maximum absolute atomic E-state index is 4.12. The summed E-state index contributed by atoms with van der Waals surface area (Å²) < 4.78 is 4.76. The monoisotopic (exact) mass is 762 g/mol. The largest absolute Gasteiger partial charge is 0.310 e. The lowest BCUT2D eigenvalue weighted by atomic mass is 9.98. The first-order chi connectivity index (χ1) is 28.3. The minimum atomic E-state index is 0.905. The van der Waals surface area contributed by atoms with E-state index in [4.69, 9.17) is 0 Å². The molecule has 0 unspecified atom stereocenters. The van der Waals surface area contributed by atoms with Crippen LogP contribution in [0, 0.1) is 13.8 Å². The number of hydrogen-bond donors (Lipinski definition) is 0. The number of rotatable bonds is 10. The van der Waals surface area contributed by atoms with Crippen molar-refractivity contribution in [2.24, 2.45) is 0 Å². The zero-order chi connectivity index (χ0) is 41.0. The number of aromatic nitrogens is 2. The molecule has 296 valence electrons. The van der Waals surface area contributed by atoms with Gasteiger partial charge in [-0.2, -0.15) is 0 Å². The topological polar surface area (TPSA) is 9.86 Å². The van der Waals surface area contributed by atoms with Gasteiger partial charge in [0.2, 0.25) is 0 Å². The van der Waals surface area contributed by atoms with Gasteiger partial charge in [0.05, 0.1) is 0 Å². The number of allylic oxidation sites excluding steroid dienone is 4. The van der Waals surface area contributed by atoms with Gasteiger partial charge in [-0.1, -0.05) is 151 Å². The van der Waals surface area contributed by atoms with Crippen LogP contribution >= 0.6 is 0 Å². The van der Waals surface area contributed by atoms with E-state index in [-0.39, 0.29) is 0 Å². The summed E-state index contributed by atoms with van der Waals surface area (Å²) in [6.07, 6.45) is 25.9. The Morgan fingerprint density at radius 1 is 0.517 bits per heavy atom. The first-order valence-corrected chi connectivity index (χ1v) is 21.4. The van der Waals surface area contributed by atoms with Crippen molar-refractivity contribution in [1.29, 1.82) is 0 Å². The molecule has 0 bridgehead atoms. The summed E-state index contributed by atoms with van der Waals surface area (Å²) in [5.41, 5.74) is 20.8. The molecule has 0 saturated carbocycles. The fourth-order valence-corrected chi connectivity index (χ4v) is 8.17. The fourth-order valence-electron chi connectivity index (χ4n) is 8.17. The van der Waals surface area contributed by atoms with Crippen molar-refractivity contribution in [1.82, 2.24) is 9.13 Å². The van der Waals surface area contributed by atoms with Crippen LogP contribution in [0.25, 0.3) is 46.8 Å². The molecule has 0 aliphatic heterocycles. The van der Waals surface area contributed by atoms with Gasteiger partial charge in [0, 0.05) is 34.2 Å². The molecule has 2 aliphatic carbocycles. The summed E-state index contributed by atoms with van der Waals surface area (Å²) in [7, 11) is 0. The highest BCUT2D eigenvalue weighted by Gasteiger charge is 2.21. The third-order valence-corrected chi connectivity index (χ3v) is 11.0. The van der Waals surface area contributed by atoms with Crippen molar-refractivity contribution in [2.45, 2.75) is 92.9 Å². The minimum absolute atomic E-state index is 0.905. The normalized spacial score (nSPS) is 12.6. The Kier molecular flexibility index (Phi) is 14.4. The van der Waals surface area contributed by atoms with Gasteiger partial charge in [0.15, 0.2) is 0 Å². The van der Waals surface area contributed by atoms with Crippen LogP contribution in [-0.4, -0.2) is 9.13 Å². The standard InChI is InChI=1S/C50H46N2.2C3H8/c1-5-7-14-48-36(4)46-13-9-11-16-50(46)52(48)44-31-23-40(24-32-44)34-38-19-27-42(28-20-38)41-25-17-37(18-26-41)33-39-21-29-43(30-22-39)51-47(6-2)35(3)45-12-8-10-15-49(45)51;2*1-3-2/h5-7,10-11,14-32H,1-2,8-9,12-13,33-34H2,3-4H3;2*3H2,1-2H3/b14-7-;;. The summed E-state index contributed by atoms with van der Waals surface area (Å²) in [4.78, 5) is 0. The third-order valence-electron chi connectivity index (χ3n) is 11.0. The Bertz CT molecular complexity index is 2380.